The molecule has 1 atom stereocenters. The highest BCUT2D eigenvalue weighted by atomic mass is 16.5. The van der Waals surface area contributed by atoms with E-state index >= 15 is 0 Å². The number of allylic oxidation sites excluding steroid dienone is 3. The molecule has 21 heavy (non-hydrogen) atoms. The van der Waals surface area contributed by atoms with Gasteiger partial charge in [-0.2, -0.15) is 0 Å². The van der Waals surface area contributed by atoms with E-state index in [2.05, 4.69) is 6.58 Å². The van der Waals surface area contributed by atoms with Crippen LogP contribution in [0.2, 0.25) is 0 Å². The van der Waals surface area contributed by atoms with Crippen LogP contribution in [0.25, 0.3) is 5.57 Å². The van der Waals surface area contributed by atoms with Gasteiger partial charge in [0.05, 0.1) is 14.2 Å². The molecule has 0 N–H and O–H groups in total. The molecule has 0 bridgehead atoms. The van der Waals surface area contributed by atoms with Crippen molar-refractivity contribution in [2.75, 3.05) is 14.2 Å². The summed E-state index contributed by atoms with van der Waals surface area (Å²) in [5, 5.41) is 0. The summed E-state index contributed by atoms with van der Waals surface area (Å²) in [6.45, 7) is 3.98. The molecule has 4 nitrogen and oxygen atoms in total. The number of methoxy groups -OCH3 is 2. The number of carbonyl (C=O) groups excluding carboxylic acids is 2. The molecular weight excluding hydrogens is 268 g/mol. The van der Waals surface area contributed by atoms with Crippen molar-refractivity contribution in [1.29, 1.82) is 0 Å². The molecule has 0 aromatic heterocycles. The average molecular weight is 286 g/mol. The van der Waals surface area contributed by atoms with E-state index in [1.165, 1.54) is 14.2 Å². The summed E-state index contributed by atoms with van der Waals surface area (Å²) < 4.78 is 9.45. The van der Waals surface area contributed by atoms with Crippen LogP contribution in [-0.4, -0.2) is 26.2 Å². The fraction of sp³-hybridized carbons (Fsp3) is 0.294. The maximum Gasteiger partial charge on any atom is 0.323 e. The zero-order chi connectivity index (χ0) is 15.5. The Hall–Kier alpha value is -2.36. The van der Waals surface area contributed by atoms with E-state index < -0.39 is 17.4 Å². The lowest BCUT2D eigenvalue weighted by Crippen LogP contribution is -2.30. The Labute approximate surface area is 124 Å². The molecule has 110 valence electrons. The molecule has 1 fully saturated rings. The second kappa shape index (κ2) is 5.95. The van der Waals surface area contributed by atoms with Crippen molar-refractivity contribution in [2.45, 2.75) is 6.42 Å². The van der Waals surface area contributed by atoms with E-state index in [1.807, 2.05) is 42.5 Å². The third kappa shape index (κ3) is 2.75. The molecule has 0 saturated heterocycles. The number of benzene rings is 1. The van der Waals surface area contributed by atoms with Gasteiger partial charge in [-0.1, -0.05) is 49.1 Å². The SMILES string of the molecule is C=C(/C=C/C1CC1(C(=O)OC)C(=O)OC)c1ccccc1. The lowest BCUT2D eigenvalue weighted by Gasteiger charge is -2.10. The molecule has 2 rings (SSSR count). The first kappa shape index (κ1) is 15.0. The number of carbonyl (C=O) groups is 2. The molecule has 1 aromatic rings. The first-order chi connectivity index (χ1) is 10.1. The molecule has 1 unspecified atom stereocenters. The number of rotatable bonds is 5. The maximum absolute atomic E-state index is 11.8. The predicted octanol–water partition coefficient (Wildman–Crippen LogP) is 2.61. The Morgan fingerprint density at radius 1 is 1.19 bits per heavy atom. The Kier molecular flexibility index (Phi) is 4.26. The largest absolute Gasteiger partial charge is 0.468 e. The maximum atomic E-state index is 11.8. The summed E-state index contributed by atoms with van der Waals surface area (Å²) in [6.07, 6.45) is 4.06. The highest BCUT2D eigenvalue weighted by molar-refractivity contribution is 6.04. The minimum absolute atomic E-state index is 0.210. The van der Waals surface area contributed by atoms with E-state index in [0.29, 0.717) is 6.42 Å². The van der Waals surface area contributed by atoms with Crippen LogP contribution in [0, 0.1) is 11.3 Å². The summed E-state index contributed by atoms with van der Waals surface area (Å²) in [5.74, 6) is -1.30. The van der Waals surface area contributed by atoms with Crippen LogP contribution in [-0.2, 0) is 19.1 Å². The first-order valence-electron chi connectivity index (χ1n) is 6.65. The molecule has 0 radical (unpaired) electrons. The van der Waals surface area contributed by atoms with Gasteiger partial charge < -0.3 is 9.47 Å². The summed E-state index contributed by atoms with van der Waals surface area (Å²) >= 11 is 0. The van der Waals surface area contributed by atoms with Gasteiger partial charge in [0.25, 0.3) is 0 Å². The number of esters is 2. The smallest absolute Gasteiger partial charge is 0.323 e. The van der Waals surface area contributed by atoms with Gasteiger partial charge in [0, 0.05) is 5.92 Å². The van der Waals surface area contributed by atoms with Crippen molar-refractivity contribution in [1.82, 2.24) is 0 Å². The van der Waals surface area contributed by atoms with Crippen LogP contribution in [0.15, 0.2) is 49.1 Å². The standard InChI is InChI=1S/C17H18O4/c1-12(13-7-5-4-6-8-13)9-10-14-11-17(14,15(18)20-2)16(19)21-3/h4-10,14H,1,11H2,2-3H3/b10-9+. The van der Waals surface area contributed by atoms with Gasteiger partial charge in [-0.3, -0.25) is 9.59 Å². The summed E-state index contributed by atoms with van der Waals surface area (Å²) in [6, 6.07) is 9.69. The van der Waals surface area contributed by atoms with Crippen LogP contribution in [0.4, 0.5) is 0 Å². The number of hydrogen-bond donors (Lipinski definition) is 0. The summed E-state index contributed by atoms with van der Waals surface area (Å²) in [5.41, 5.74) is 0.638. The van der Waals surface area contributed by atoms with Crippen LogP contribution in [0.5, 0.6) is 0 Å². The van der Waals surface area contributed by atoms with Crippen LogP contribution in [0.1, 0.15) is 12.0 Å². The molecule has 0 spiro atoms. The molecule has 1 aliphatic rings. The van der Waals surface area contributed by atoms with Gasteiger partial charge in [0.1, 0.15) is 0 Å². The molecular formula is C17H18O4. The number of ether oxygens (including phenoxy) is 2. The molecule has 1 aromatic carbocycles. The lowest BCUT2D eigenvalue weighted by molar-refractivity contribution is -0.161. The lowest BCUT2D eigenvalue weighted by atomic mass is 10.0. The monoisotopic (exact) mass is 286 g/mol. The molecule has 1 saturated carbocycles. The van der Waals surface area contributed by atoms with E-state index in [4.69, 9.17) is 9.47 Å². The number of hydrogen-bond acceptors (Lipinski definition) is 4. The molecule has 4 heteroatoms. The van der Waals surface area contributed by atoms with E-state index in [9.17, 15) is 9.59 Å². The second-order valence-corrected chi connectivity index (χ2v) is 5.02. The quantitative estimate of drug-likeness (QED) is 0.474. The Bertz CT molecular complexity index is 570. The fourth-order valence-electron chi connectivity index (χ4n) is 2.42. The zero-order valence-corrected chi connectivity index (χ0v) is 12.2. The summed E-state index contributed by atoms with van der Waals surface area (Å²) in [4.78, 5) is 23.7. The second-order valence-electron chi connectivity index (χ2n) is 5.02. The van der Waals surface area contributed by atoms with Crippen molar-refractivity contribution in [3.8, 4) is 0 Å². The van der Waals surface area contributed by atoms with Crippen molar-refractivity contribution in [2.24, 2.45) is 11.3 Å². The van der Waals surface area contributed by atoms with Gasteiger partial charge in [-0.25, -0.2) is 0 Å². The molecule has 0 amide bonds. The van der Waals surface area contributed by atoms with Gasteiger partial charge in [0.2, 0.25) is 0 Å². The molecule has 0 heterocycles. The van der Waals surface area contributed by atoms with Crippen LogP contribution in [0.3, 0.4) is 0 Å². The topological polar surface area (TPSA) is 52.6 Å². The van der Waals surface area contributed by atoms with Crippen LogP contribution < -0.4 is 0 Å². The van der Waals surface area contributed by atoms with Gasteiger partial charge in [-0.05, 0) is 17.6 Å². The first-order valence-corrected chi connectivity index (χ1v) is 6.65. The summed E-state index contributed by atoms with van der Waals surface area (Å²) in [7, 11) is 2.55. The van der Waals surface area contributed by atoms with Gasteiger partial charge >= 0.3 is 11.9 Å². The molecule has 1 aliphatic carbocycles. The minimum Gasteiger partial charge on any atom is -0.468 e. The zero-order valence-electron chi connectivity index (χ0n) is 12.2. The average Bonchev–Trinajstić information content (AvgIpc) is 3.27. The predicted molar refractivity (Wildman–Crippen MR) is 79.2 cm³/mol. The Morgan fingerprint density at radius 2 is 1.76 bits per heavy atom. The highest BCUT2D eigenvalue weighted by Gasteiger charge is 2.66. The van der Waals surface area contributed by atoms with Crippen molar-refractivity contribution in [3.05, 3.63) is 54.6 Å². The molecule has 0 aliphatic heterocycles. The van der Waals surface area contributed by atoms with Crippen LogP contribution >= 0.6 is 0 Å². The Morgan fingerprint density at radius 3 is 2.29 bits per heavy atom. The normalized spacial score (nSPS) is 19.0. The highest BCUT2D eigenvalue weighted by Crippen LogP contribution is 2.55. The van der Waals surface area contributed by atoms with Crippen molar-refractivity contribution >= 4 is 17.5 Å². The van der Waals surface area contributed by atoms with E-state index in [-0.39, 0.29) is 5.92 Å². The van der Waals surface area contributed by atoms with Crippen molar-refractivity contribution in [3.63, 3.8) is 0 Å². The third-order valence-corrected chi connectivity index (χ3v) is 3.79. The van der Waals surface area contributed by atoms with Gasteiger partial charge in [-0.15, -0.1) is 0 Å². The van der Waals surface area contributed by atoms with Gasteiger partial charge in [0.15, 0.2) is 5.41 Å². The van der Waals surface area contributed by atoms with E-state index in [1.54, 1.807) is 0 Å². The Balaban J connectivity index is 2.11. The minimum atomic E-state index is -1.18. The van der Waals surface area contributed by atoms with E-state index in [0.717, 1.165) is 11.1 Å². The fourth-order valence-corrected chi connectivity index (χ4v) is 2.42. The third-order valence-electron chi connectivity index (χ3n) is 3.79. The van der Waals surface area contributed by atoms with Crippen molar-refractivity contribution < 1.29 is 19.1 Å².